The molecule has 1 aliphatic heterocycles. The lowest BCUT2D eigenvalue weighted by Crippen LogP contribution is -2.29. The van der Waals surface area contributed by atoms with Crippen LogP contribution >= 0.6 is 23.2 Å². The Kier molecular flexibility index (Phi) is 5.70. The van der Waals surface area contributed by atoms with Crippen LogP contribution in [-0.4, -0.2) is 26.8 Å². The van der Waals surface area contributed by atoms with Gasteiger partial charge >= 0.3 is 0 Å². The molecule has 0 radical (unpaired) electrons. The fraction of sp³-hybridized carbons (Fsp3) is 0.0741. The van der Waals surface area contributed by atoms with Crippen LogP contribution in [0, 0.1) is 0 Å². The van der Waals surface area contributed by atoms with Crippen LogP contribution in [0.1, 0.15) is 43.0 Å². The van der Waals surface area contributed by atoms with Crippen LogP contribution in [0.5, 0.6) is 0 Å². The summed E-state index contributed by atoms with van der Waals surface area (Å²) in [4.78, 5) is 31.4. The Bertz CT molecular complexity index is 1340. The summed E-state index contributed by atoms with van der Waals surface area (Å²) in [5, 5.41) is 13.1. The summed E-state index contributed by atoms with van der Waals surface area (Å²) in [6, 6.07) is 22.1. The highest BCUT2D eigenvalue weighted by atomic mass is 35.5. The Hall–Kier alpha value is -3.51. The van der Waals surface area contributed by atoms with Gasteiger partial charge in [-0.1, -0.05) is 59.6 Å². The lowest BCUT2D eigenvalue weighted by atomic mass is 9.79. The topological polar surface area (TPSA) is 70.5 Å². The van der Waals surface area contributed by atoms with Crippen LogP contribution < -0.4 is 0 Å². The second-order valence-corrected chi connectivity index (χ2v) is 8.92. The highest BCUT2D eigenvalue weighted by Gasteiger charge is 2.39. The van der Waals surface area contributed by atoms with E-state index in [2.05, 4.69) is 4.98 Å². The van der Waals surface area contributed by atoms with Crippen molar-refractivity contribution >= 4 is 35.0 Å². The minimum absolute atomic E-state index is 0.119. The zero-order chi connectivity index (χ0) is 23.9. The Labute approximate surface area is 206 Å². The van der Waals surface area contributed by atoms with Gasteiger partial charge in [0.2, 0.25) is 0 Å². The normalized spacial score (nSPS) is 13.3. The van der Waals surface area contributed by atoms with Crippen LogP contribution in [0.2, 0.25) is 10.0 Å². The van der Waals surface area contributed by atoms with E-state index in [0.29, 0.717) is 32.3 Å². The maximum Gasteiger partial charge on any atom is 0.261 e. The van der Waals surface area contributed by atoms with Crippen molar-refractivity contribution in [2.45, 2.75) is 12.1 Å². The number of imide groups is 1. The molecule has 3 aromatic carbocycles. The lowest BCUT2D eigenvalue weighted by molar-refractivity contribution is 0.0642. The van der Waals surface area contributed by atoms with E-state index >= 15 is 0 Å². The van der Waals surface area contributed by atoms with Crippen LogP contribution in [0.3, 0.4) is 0 Å². The molecule has 168 valence electrons. The van der Waals surface area contributed by atoms with E-state index in [4.69, 9.17) is 23.2 Å². The summed E-state index contributed by atoms with van der Waals surface area (Å²) in [6.45, 7) is 0.119. The number of benzene rings is 3. The van der Waals surface area contributed by atoms with Crippen LogP contribution in [0.15, 0.2) is 91.3 Å². The van der Waals surface area contributed by atoms with Crippen molar-refractivity contribution in [3.63, 3.8) is 0 Å². The molecule has 1 N–H and O–H groups in total. The zero-order valence-corrected chi connectivity index (χ0v) is 19.3. The van der Waals surface area contributed by atoms with E-state index in [9.17, 15) is 14.7 Å². The third kappa shape index (κ3) is 3.78. The molecule has 0 unspecified atom stereocenters. The standard InChI is InChI=1S/C27H18Cl2N2O3/c28-21-8-3-18(4-9-21)27(34,19-5-10-22(29)11-6-19)20-7-12-23-24(14-20)26(33)31(25(23)32)16-17-2-1-13-30-15-17/h1-15,34H,16H2. The van der Waals surface area contributed by atoms with Crippen molar-refractivity contribution in [1.82, 2.24) is 9.88 Å². The fourth-order valence-electron chi connectivity index (χ4n) is 4.22. The first-order chi connectivity index (χ1) is 16.4. The number of carbonyl (C=O) groups excluding carboxylic acids is 2. The van der Waals surface area contributed by atoms with Crippen molar-refractivity contribution in [3.8, 4) is 0 Å². The van der Waals surface area contributed by atoms with Gasteiger partial charge in [0.25, 0.3) is 11.8 Å². The number of hydrogen-bond acceptors (Lipinski definition) is 4. The molecule has 5 rings (SSSR count). The Morgan fingerprint density at radius 1 is 0.765 bits per heavy atom. The quantitative estimate of drug-likeness (QED) is 0.298. The molecule has 0 fully saturated rings. The second kappa shape index (κ2) is 8.69. The molecule has 0 atom stereocenters. The Balaban J connectivity index is 1.60. The molecule has 0 saturated heterocycles. The number of halogens is 2. The minimum atomic E-state index is -1.61. The van der Waals surface area contributed by atoms with Crippen LogP contribution in [-0.2, 0) is 12.1 Å². The molecule has 0 saturated carbocycles. The van der Waals surface area contributed by atoms with Gasteiger partial charge < -0.3 is 5.11 Å². The van der Waals surface area contributed by atoms with Gasteiger partial charge in [-0.3, -0.25) is 19.5 Å². The van der Waals surface area contributed by atoms with Crippen LogP contribution in [0.4, 0.5) is 0 Å². The smallest absolute Gasteiger partial charge is 0.261 e. The molecule has 7 heteroatoms. The van der Waals surface area contributed by atoms with Gasteiger partial charge in [0.15, 0.2) is 0 Å². The van der Waals surface area contributed by atoms with E-state index in [1.807, 2.05) is 6.07 Å². The van der Waals surface area contributed by atoms with Gasteiger partial charge in [-0.2, -0.15) is 0 Å². The summed E-state index contributed by atoms with van der Waals surface area (Å²) in [5.41, 5.74) is 1.24. The van der Waals surface area contributed by atoms with E-state index in [1.165, 1.54) is 4.90 Å². The summed E-state index contributed by atoms with van der Waals surface area (Å²) >= 11 is 12.2. The lowest BCUT2D eigenvalue weighted by Gasteiger charge is -2.30. The fourth-order valence-corrected chi connectivity index (χ4v) is 4.47. The Morgan fingerprint density at radius 2 is 1.32 bits per heavy atom. The number of aromatic nitrogens is 1. The Morgan fingerprint density at radius 3 is 1.88 bits per heavy atom. The minimum Gasteiger partial charge on any atom is -0.376 e. The third-order valence-electron chi connectivity index (χ3n) is 5.98. The number of hydrogen-bond donors (Lipinski definition) is 1. The summed E-state index contributed by atoms with van der Waals surface area (Å²) < 4.78 is 0. The maximum atomic E-state index is 13.2. The van der Waals surface area contributed by atoms with E-state index < -0.39 is 11.5 Å². The van der Waals surface area contributed by atoms with E-state index in [-0.39, 0.29) is 18.0 Å². The molecule has 1 aliphatic rings. The highest BCUT2D eigenvalue weighted by Crippen LogP contribution is 2.39. The molecule has 2 amide bonds. The SMILES string of the molecule is O=C1c2ccc(C(O)(c3ccc(Cl)cc3)c3ccc(Cl)cc3)cc2C(=O)N1Cc1cccnc1. The van der Waals surface area contributed by atoms with Gasteiger partial charge in [0.05, 0.1) is 17.7 Å². The number of aliphatic hydroxyl groups is 1. The molecule has 0 bridgehead atoms. The van der Waals surface area contributed by atoms with Gasteiger partial charge in [0, 0.05) is 22.4 Å². The van der Waals surface area contributed by atoms with Gasteiger partial charge in [-0.25, -0.2) is 0 Å². The maximum absolute atomic E-state index is 13.2. The van der Waals surface area contributed by atoms with E-state index in [1.54, 1.807) is 85.2 Å². The van der Waals surface area contributed by atoms with Gasteiger partial charge in [0.1, 0.15) is 5.60 Å². The third-order valence-corrected chi connectivity index (χ3v) is 6.48. The molecule has 4 aromatic rings. The predicted octanol–water partition coefficient (Wildman–Crippen LogP) is 5.47. The predicted molar refractivity (Wildman–Crippen MR) is 130 cm³/mol. The first kappa shape index (κ1) is 22.3. The van der Waals surface area contributed by atoms with Crippen molar-refractivity contribution in [1.29, 1.82) is 0 Å². The average molecular weight is 489 g/mol. The van der Waals surface area contributed by atoms with Crippen molar-refractivity contribution < 1.29 is 14.7 Å². The van der Waals surface area contributed by atoms with Crippen molar-refractivity contribution in [3.05, 3.63) is 135 Å². The van der Waals surface area contributed by atoms with Crippen LogP contribution in [0.25, 0.3) is 0 Å². The first-order valence-corrected chi connectivity index (χ1v) is 11.3. The molecule has 5 nitrogen and oxygen atoms in total. The largest absolute Gasteiger partial charge is 0.376 e. The monoisotopic (exact) mass is 488 g/mol. The van der Waals surface area contributed by atoms with Crippen molar-refractivity contribution in [2.75, 3.05) is 0 Å². The molecular formula is C27H18Cl2N2O3. The molecule has 0 spiro atoms. The van der Waals surface area contributed by atoms with E-state index in [0.717, 1.165) is 5.56 Å². The van der Waals surface area contributed by atoms with Gasteiger partial charge in [-0.05, 0) is 64.7 Å². The number of pyridine rings is 1. The summed E-state index contributed by atoms with van der Waals surface area (Å²) in [5.74, 6) is -0.794. The molecule has 1 aromatic heterocycles. The van der Waals surface area contributed by atoms with Gasteiger partial charge in [-0.15, -0.1) is 0 Å². The number of carbonyl (C=O) groups is 2. The number of rotatable bonds is 5. The molecule has 34 heavy (non-hydrogen) atoms. The van der Waals surface area contributed by atoms with Crippen molar-refractivity contribution in [2.24, 2.45) is 0 Å². The first-order valence-electron chi connectivity index (χ1n) is 10.5. The highest BCUT2D eigenvalue weighted by molar-refractivity contribution is 6.30. The summed E-state index contributed by atoms with van der Waals surface area (Å²) in [7, 11) is 0. The number of amides is 2. The number of nitrogens with zero attached hydrogens (tertiary/aromatic N) is 2. The molecular weight excluding hydrogens is 471 g/mol. The number of fused-ring (bicyclic) bond motifs is 1. The zero-order valence-electron chi connectivity index (χ0n) is 17.8. The average Bonchev–Trinajstić information content (AvgIpc) is 3.09. The molecule has 0 aliphatic carbocycles. The molecule has 2 heterocycles. The summed E-state index contributed by atoms with van der Waals surface area (Å²) in [6.07, 6.45) is 3.25. The second-order valence-electron chi connectivity index (χ2n) is 8.04.